The van der Waals surface area contributed by atoms with E-state index in [2.05, 4.69) is 5.32 Å². The van der Waals surface area contributed by atoms with Gasteiger partial charge in [-0.25, -0.2) is 5.32 Å². The number of hydrogen-bond donors (Lipinski definition) is 0. The van der Waals surface area contributed by atoms with Gasteiger partial charge in [0.1, 0.15) is 0 Å². The van der Waals surface area contributed by atoms with Crippen molar-refractivity contribution < 1.29 is 4.79 Å². The van der Waals surface area contributed by atoms with Crippen molar-refractivity contribution in [3.8, 4) is 0 Å². The highest BCUT2D eigenvalue weighted by Gasteiger charge is 1.84. The van der Waals surface area contributed by atoms with Gasteiger partial charge in [0.2, 0.25) is 6.41 Å². The van der Waals surface area contributed by atoms with Gasteiger partial charge < -0.3 is 0 Å². The predicted molar refractivity (Wildman–Crippen MR) is 34.3 cm³/mol. The molecule has 2 nitrogen and oxygen atoms in total. The smallest absolute Gasteiger partial charge is 0.233 e. The summed E-state index contributed by atoms with van der Waals surface area (Å²) in [6, 6.07) is 9.09. The minimum Gasteiger partial charge on any atom is -0.276 e. The minimum absolute atomic E-state index is 0.537. The standard InChI is InChI=1S/C7H6NO/c9-6-8-7-4-2-1-3-5-7/h1-6H. The summed E-state index contributed by atoms with van der Waals surface area (Å²) in [6.45, 7) is 0. The average molecular weight is 120 g/mol. The molecule has 1 rings (SSSR count). The van der Waals surface area contributed by atoms with E-state index in [0.717, 1.165) is 0 Å². The Bertz CT molecular complexity index is 183. The molecule has 0 unspecified atom stereocenters. The molecule has 0 spiro atoms. The number of carbonyl (C=O) groups excluding carboxylic acids is 1. The van der Waals surface area contributed by atoms with Gasteiger partial charge in [0, 0.05) is 0 Å². The Morgan fingerprint density at radius 1 is 1.22 bits per heavy atom. The van der Waals surface area contributed by atoms with Crippen LogP contribution in [0.15, 0.2) is 30.3 Å². The number of carbonyl (C=O) groups is 1. The van der Waals surface area contributed by atoms with Gasteiger partial charge in [-0.3, -0.25) is 4.79 Å². The van der Waals surface area contributed by atoms with Gasteiger partial charge in [-0.2, -0.15) is 0 Å². The molecule has 1 aromatic rings. The fraction of sp³-hybridized carbons (Fsp3) is 0. The Balaban J connectivity index is 2.72. The van der Waals surface area contributed by atoms with Crippen LogP contribution in [0, 0.1) is 0 Å². The van der Waals surface area contributed by atoms with E-state index in [4.69, 9.17) is 0 Å². The number of amides is 1. The second-order valence-corrected chi connectivity index (χ2v) is 1.57. The summed E-state index contributed by atoms with van der Waals surface area (Å²) in [6.07, 6.45) is 0.537. The summed E-state index contributed by atoms with van der Waals surface area (Å²) in [4.78, 5) is 9.81. The normalized spacial score (nSPS) is 8.44. The van der Waals surface area contributed by atoms with Crippen LogP contribution in [0.3, 0.4) is 0 Å². The lowest BCUT2D eigenvalue weighted by Gasteiger charge is -1.89. The molecule has 0 N–H and O–H groups in total. The molecule has 2 heteroatoms. The topological polar surface area (TPSA) is 31.2 Å². The van der Waals surface area contributed by atoms with Crippen LogP contribution in [0.2, 0.25) is 0 Å². The van der Waals surface area contributed by atoms with E-state index in [1.165, 1.54) is 0 Å². The third-order valence-electron chi connectivity index (χ3n) is 0.958. The summed E-state index contributed by atoms with van der Waals surface area (Å²) in [5, 5.41) is 3.53. The molecule has 0 saturated carbocycles. The van der Waals surface area contributed by atoms with Crippen LogP contribution in [0.25, 0.3) is 0 Å². The van der Waals surface area contributed by atoms with E-state index in [1.54, 1.807) is 12.1 Å². The molecular formula is C7H6NO. The molecule has 9 heavy (non-hydrogen) atoms. The van der Waals surface area contributed by atoms with E-state index in [9.17, 15) is 4.79 Å². The molecule has 0 heterocycles. The van der Waals surface area contributed by atoms with Gasteiger partial charge >= 0.3 is 0 Å². The van der Waals surface area contributed by atoms with Crippen LogP contribution in [-0.4, -0.2) is 6.41 Å². The SMILES string of the molecule is O=C[N]c1ccccc1. The lowest BCUT2D eigenvalue weighted by molar-refractivity contribution is -0.108. The predicted octanol–water partition coefficient (Wildman–Crippen LogP) is 1.08. The van der Waals surface area contributed by atoms with Crippen LogP contribution >= 0.6 is 0 Å². The molecule has 0 aromatic heterocycles. The zero-order chi connectivity index (χ0) is 6.53. The van der Waals surface area contributed by atoms with E-state index < -0.39 is 0 Å². The molecule has 0 saturated heterocycles. The van der Waals surface area contributed by atoms with Gasteiger partial charge in [-0.05, 0) is 12.1 Å². The molecule has 0 fully saturated rings. The highest BCUT2D eigenvalue weighted by molar-refractivity contribution is 5.57. The van der Waals surface area contributed by atoms with Crippen molar-refractivity contribution in [3.05, 3.63) is 30.3 Å². The van der Waals surface area contributed by atoms with Crippen molar-refractivity contribution in [2.75, 3.05) is 0 Å². The Morgan fingerprint density at radius 2 is 1.89 bits per heavy atom. The summed E-state index contributed by atoms with van der Waals surface area (Å²) in [7, 11) is 0. The third-order valence-corrected chi connectivity index (χ3v) is 0.958. The fourth-order valence-electron chi connectivity index (χ4n) is 0.575. The number of benzene rings is 1. The zero-order valence-corrected chi connectivity index (χ0v) is 4.82. The van der Waals surface area contributed by atoms with Crippen molar-refractivity contribution in [2.45, 2.75) is 0 Å². The van der Waals surface area contributed by atoms with Crippen LogP contribution in [0.1, 0.15) is 0 Å². The first-order valence-electron chi connectivity index (χ1n) is 2.63. The maximum Gasteiger partial charge on any atom is 0.233 e. The number of nitrogens with zero attached hydrogens (tertiary/aromatic N) is 1. The lowest BCUT2D eigenvalue weighted by atomic mass is 10.3. The monoisotopic (exact) mass is 120 g/mol. The lowest BCUT2D eigenvalue weighted by Crippen LogP contribution is -1.89. The van der Waals surface area contributed by atoms with Gasteiger partial charge in [0.05, 0.1) is 5.69 Å². The maximum atomic E-state index is 9.81. The molecule has 0 aliphatic carbocycles. The molecule has 0 atom stereocenters. The summed E-state index contributed by atoms with van der Waals surface area (Å²) in [5.74, 6) is 0. The first kappa shape index (κ1) is 5.82. The average Bonchev–Trinajstić information content (AvgIpc) is 1.91. The van der Waals surface area contributed by atoms with E-state index in [-0.39, 0.29) is 0 Å². The van der Waals surface area contributed by atoms with Crippen LogP contribution in [0.5, 0.6) is 0 Å². The van der Waals surface area contributed by atoms with E-state index >= 15 is 0 Å². The van der Waals surface area contributed by atoms with Crippen molar-refractivity contribution in [1.29, 1.82) is 0 Å². The van der Waals surface area contributed by atoms with Crippen LogP contribution in [-0.2, 0) is 4.79 Å². The van der Waals surface area contributed by atoms with Crippen LogP contribution in [0.4, 0.5) is 5.69 Å². The second-order valence-electron chi connectivity index (χ2n) is 1.57. The first-order chi connectivity index (χ1) is 4.43. The van der Waals surface area contributed by atoms with E-state index in [1.807, 2.05) is 18.2 Å². The van der Waals surface area contributed by atoms with Crippen molar-refractivity contribution in [3.63, 3.8) is 0 Å². The van der Waals surface area contributed by atoms with Gasteiger partial charge in [0.15, 0.2) is 0 Å². The molecule has 0 bridgehead atoms. The van der Waals surface area contributed by atoms with Gasteiger partial charge in [-0.1, -0.05) is 18.2 Å². The molecule has 1 radical (unpaired) electrons. The number of hydrogen-bond acceptors (Lipinski definition) is 1. The Labute approximate surface area is 53.5 Å². The van der Waals surface area contributed by atoms with Crippen LogP contribution < -0.4 is 5.32 Å². The number of rotatable bonds is 2. The molecule has 1 amide bonds. The molecule has 0 aliphatic rings. The van der Waals surface area contributed by atoms with E-state index in [0.29, 0.717) is 12.1 Å². The Kier molecular flexibility index (Phi) is 1.85. The third kappa shape index (κ3) is 1.57. The van der Waals surface area contributed by atoms with Crippen molar-refractivity contribution in [2.24, 2.45) is 0 Å². The summed E-state index contributed by atoms with van der Waals surface area (Å²) in [5.41, 5.74) is 0.701. The number of para-hydroxylation sites is 1. The molecule has 0 aliphatic heterocycles. The van der Waals surface area contributed by atoms with Crippen molar-refractivity contribution in [1.82, 2.24) is 5.32 Å². The fourth-order valence-corrected chi connectivity index (χ4v) is 0.575. The minimum atomic E-state index is 0.537. The van der Waals surface area contributed by atoms with Gasteiger partial charge in [0.25, 0.3) is 0 Å². The Hall–Kier alpha value is -1.31. The zero-order valence-electron chi connectivity index (χ0n) is 4.82. The molecule has 45 valence electrons. The summed E-state index contributed by atoms with van der Waals surface area (Å²) < 4.78 is 0. The van der Waals surface area contributed by atoms with Gasteiger partial charge in [-0.15, -0.1) is 0 Å². The maximum absolute atomic E-state index is 9.81. The second kappa shape index (κ2) is 2.87. The molecule has 1 aromatic carbocycles. The van der Waals surface area contributed by atoms with Crippen molar-refractivity contribution >= 4 is 12.1 Å². The summed E-state index contributed by atoms with van der Waals surface area (Å²) >= 11 is 0. The Morgan fingerprint density at radius 3 is 2.44 bits per heavy atom. The largest absolute Gasteiger partial charge is 0.276 e. The molecular weight excluding hydrogens is 114 g/mol. The first-order valence-corrected chi connectivity index (χ1v) is 2.63. The highest BCUT2D eigenvalue weighted by atomic mass is 16.1. The highest BCUT2D eigenvalue weighted by Crippen LogP contribution is 2.02. The quantitative estimate of drug-likeness (QED) is 0.537.